The monoisotopic (exact) mass is 355 g/mol. The number of carboxylic acids is 1. The Morgan fingerprint density at radius 2 is 1.88 bits per heavy atom. The van der Waals surface area contributed by atoms with Gasteiger partial charge < -0.3 is 10.0 Å². The summed E-state index contributed by atoms with van der Waals surface area (Å²) in [6.45, 7) is 3.31. The number of likely N-dealkylation sites (tertiary alicyclic amines) is 1. The molecule has 0 spiro atoms. The number of carboxylic acid groups (broad SMARTS) is 1. The molecule has 1 aliphatic heterocycles. The molecule has 1 N–H and O–H groups in total. The minimum Gasteiger partial charge on any atom is -0.481 e. The topological polar surface area (TPSA) is 75.4 Å². The minimum absolute atomic E-state index is 0.00408. The Kier molecular flexibility index (Phi) is 5.71. The van der Waals surface area contributed by atoms with Gasteiger partial charge in [0.1, 0.15) is 0 Å². The van der Waals surface area contributed by atoms with Crippen LogP contribution in [-0.2, 0) is 11.2 Å². The maximum Gasteiger partial charge on any atom is 0.303 e. The predicted octanol–water partition coefficient (Wildman–Crippen LogP) is 3.15. The van der Waals surface area contributed by atoms with E-state index in [0.717, 1.165) is 37.1 Å². The third-order valence-electron chi connectivity index (χ3n) is 4.95. The second kappa shape index (κ2) is 8.17. The van der Waals surface area contributed by atoms with Crippen LogP contribution in [0.2, 0.25) is 0 Å². The van der Waals surface area contributed by atoms with Gasteiger partial charge in [0.2, 0.25) is 0 Å². The molecule has 0 unspecified atom stereocenters. The summed E-state index contributed by atoms with van der Waals surface area (Å²) in [5.74, 6) is -0.591. The molecule has 1 saturated heterocycles. The molecule has 2 heterocycles. The van der Waals surface area contributed by atoms with Crippen LogP contribution in [0, 0.1) is 5.92 Å². The highest BCUT2D eigenvalue weighted by atomic mass is 16.4. The molecular formula is C20H25N3O3. The average Bonchev–Trinajstić information content (AvgIpc) is 3.06. The Morgan fingerprint density at radius 1 is 1.19 bits per heavy atom. The van der Waals surface area contributed by atoms with Gasteiger partial charge in [0.05, 0.1) is 23.1 Å². The molecule has 6 heteroatoms. The van der Waals surface area contributed by atoms with E-state index in [0.29, 0.717) is 18.7 Å². The van der Waals surface area contributed by atoms with Gasteiger partial charge in [0.25, 0.3) is 5.91 Å². The molecule has 3 rings (SSSR count). The Bertz CT molecular complexity index is 762. The maximum atomic E-state index is 13.0. The fraction of sp³-hybridized carbons (Fsp3) is 0.450. The summed E-state index contributed by atoms with van der Waals surface area (Å²) in [5, 5.41) is 13.4. The standard InChI is InChI=1S/C20H25N3O3/c1-2-6-18-17(14-21-23(18)16-7-4-3-5-8-16)20(26)22-11-9-15(10-12-22)13-19(24)25/h3-5,7-8,14-15H,2,6,9-13H2,1H3,(H,24,25). The zero-order valence-corrected chi connectivity index (χ0v) is 15.1. The molecule has 138 valence electrons. The Morgan fingerprint density at radius 3 is 2.50 bits per heavy atom. The highest BCUT2D eigenvalue weighted by molar-refractivity contribution is 5.95. The number of nitrogens with zero attached hydrogens (tertiary/aromatic N) is 3. The van der Waals surface area contributed by atoms with Gasteiger partial charge in [-0.3, -0.25) is 9.59 Å². The first-order valence-electron chi connectivity index (χ1n) is 9.23. The molecule has 0 atom stereocenters. The van der Waals surface area contributed by atoms with Crippen LogP contribution in [0.15, 0.2) is 36.5 Å². The normalized spacial score (nSPS) is 15.2. The van der Waals surface area contributed by atoms with Gasteiger partial charge in [-0.05, 0) is 37.3 Å². The highest BCUT2D eigenvalue weighted by Gasteiger charge is 2.27. The van der Waals surface area contributed by atoms with Crippen LogP contribution in [0.1, 0.15) is 48.7 Å². The smallest absolute Gasteiger partial charge is 0.303 e. The summed E-state index contributed by atoms with van der Waals surface area (Å²) >= 11 is 0. The predicted molar refractivity (Wildman–Crippen MR) is 98.4 cm³/mol. The van der Waals surface area contributed by atoms with Gasteiger partial charge in [-0.1, -0.05) is 31.5 Å². The number of piperidine rings is 1. The third-order valence-corrected chi connectivity index (χ3v) is 4.95. The summed E-state index contributed by atoms with van der Waals surface area (Å²) in [7, 11) is 0. The molecule has 2 aromatic rings. The fourth-order valence-electron chi connectivity index (χ4n) is 3.58. The molecule has 1 aromatic carbocycles. The molecule has 0 saturated carbocycles. The second-order valence-corrected chi connectivity index (χ2v) is 6.84. The first kappa shape index (κ1) is 18.2. The molecule has 1 aliphatic rings. The first-order chi connectivity index (χ1) is 12.6. The van der Waals surface area contributed by atoms with Crippen molar-refractivity contribution >= 4 is 11.9 Å². The first-order valence-corrected chi connectivity index (χ1v) is 9.23. The van der Waals surface area contributed by atoms with Crippen LogP contribution in [0.25, 0.3) is 5.69 Å². The Hall–Kier alpha value is -2.63. The van der Waals surface area contributed by atoms with E-state index in [9.17, 15) is 9.59 Å². The average molecular weight is 355 g/mol. The number of aromatic nitrogens is 2. The lowest BCUT2D eigenvalue weighted by Gasteiger charge is -2.31. The van der Waals surface area contributed by atoms with Crippen molar-refractivity contribution < 1.29 is 14.7 Å². The van der Waals surface area contributed by atoms with Crippen molar-refractivity contribution in [2.24, 2.45) is 5.92 Å². The van der Waals surface area contributed by atoms with E-state index >= 15 is 0 Å². The number of amides is 1. The van der Waals surface area contributed by atoms with Gasteiger partial charge in [-0.25, -0.2) is 4.68 Å². The van der Waals surface area contributed by atoms with Crippen molar-refractivity contribution in [1.29, 1.82) is 0 Å². The summed E-state index contributed by atoms with van der Waals surface area (Å²) in [6, 6.07) is 9.85. The van der Waals surface area contributed by atoms with E-state index in [4.69, 9.17) is 5.11 Å². The van der Waals surface area contributed by atoms with Gasteiger partial charge in [0, 0.05) is 19.5 Å². The number of aliphatic carboxylic acids is 1. The molecule has 26 heavy (non-hydrogen) atoms. The lowest BCUT2D eigenvalue weighted by Crippen LogP contribution is -2.39. The van der Waals surface area contributed by atoms with Gasteiger partial charge >= 0.3 is 5.97 Å². The zero-order chi connectivity index (χ0) is 18.5. The number of rotatable bonds is 6. The van der Waals surface area contributed by atoms with Gasteiger partial charge in [0.15, 0.2) is 0 Å². The van der Waals surface area contributed by atoms with Crippen molar-refractivity contribution in [3.63, 3.8) is 0 Å². The van der Waals surface area contributed by atoms with E-state index in [1.54, 1.807) is 6.20 Å². The van der Waals surface area contributed by atoms with Crippen LogP contribution >= 0.6 is 0 Å². The molecular weight excluding hydrogens is 330 g/mol. The quantitative estimate of drug-likeness (QED) is 0.864. The molecule has 6 nitrogen and oxygen atoms in total. The van der Waals surface area contributed by atoms with Crippen molar-refractivity contribution in [2.45, 2.75) is 39.0 Å². The highest BCUT2D eigenvalue weighted by Crippen LogP contribution is 2.24. The van der Waals surface area contributed by atoms with Crippen LogP contribution in [0.3, 0.4) is 0 Å². The fourth-order valence-corrected chi connectivity index (χ4v) is 3.58. The minimum atomic E-state index is -0.760. The Labute approximate surface area is 153 Å². The number of hydrogen-bond donors (Lipinski definition) is 1. The number of benzene rings is 1. The molecule has 1 fully saturated rings. The second-order valence-electron chi connectivity index (χ2n) is 6.84. The molecule has 1 amide bonds. The summed E-state index contributed by atoms with van der Waals surface area (Å²) in [6.07, 6.45) is 5.06. The van der Waals surface area contributed by atoms with E-state index in [-0.39, 0.29) is 18.2 Å². The maximum absolute atomic E-state index is 13.0. The summed E-state index contributed by atoms with van der Waals surface area (Å²) in [5.41, 5.74) is 2.55. The number of carbonyl (C=O) groups excluding carboxylic acids is 1. The van der Waals surface area contributed by atoms with E-state index in [1.165, 1.54) is 0 Å². The Balaban J connectivity index is 1.78. The SMILES string of the molecule is CCCc1c(C(=O)N2CCC(CC(=O)O)CC2)cnn1-c1ccccc1. The van der Waals surface area contributed by atoms with Crippen LogP contribution in [0.4, 0.5) is 0 Å². The number of carbonyl (C=O) groups is 2. The van der Waals surface area contributed by atoms with Crippen molar-refractivity contribution in [1.82, 2.24) is 14.7 Å². The molecule has 0 aliphatic carbocycles. The number of hydrogen-bond acceptors (Lipinski definition) is 3. The van der Waals surface area contributed by atoms with Crippen molar-refractivity contribution in [2.75, 3.05) is 13.1 Å². The van der Waals surface area contributed by atoms with Crippen molar-refractivity contribution in [3.05, 3.63) is 47.8 Å². The van der Waals surface area contributed by atoms with E-state index in [1.807, 2.05) is 39.9 Å². The van der Waals surface area contributed by atoms with Crippen LogP contribution < -0.4 is 0 Å². The van der Waals surface area contributed by atoms with E-state index < -0.39 is 5.97 Å². The largest absolute Gasteiger partial charge is 0.481 e. The molecule has 1 aromatic heterocycles. The lowest BCUT2D eigenvalue weighted by molar-refractivity contribution is -0.138. The molecule has 0 bridgehead atoms. The van der Waals surface area contributed by atoms with Crippen LogP contribution in [0.5, 0.6) is 0 Å². The summed E-state index contributed by atoms with van der Waals surface area (Å²) < 4.78 is 1.86. The lowest BCUT2D eigenvalue weighted by atomic mass is 9.93. The van der Waals surface area contributed by atoms with Crippen LogP contribution in [-0.4, -0.2) is 44.8 Å². The zero-order valence-electron chi connectivity index (χ0n) is 15.1. The summed E-state index contributed by atoms with van der Waals surface area (Å²) in [4.78, 5) is 25.7. The van der Waals surface area contributed by atoms with Gasteiger partial charge in [-0.15, -0.1) is 0 Å². The molecule has 0 radical (unpaired) electrons. The van der Waals surface area contributed by atoms with Crippen molar-refractivity contribution in [3.8, 4) is 5.69 Å². The van der Waals surface area contributed by atoms with E-state index in [2.05, 4.69) is 12.0 Å². The third kappa shape index (κ3) is 3.95. The number of para-hydroxylation sites is 1. The van der Waals surface area contributed by atoms with Gasteiger partial charge in [-0.2, -0.15) is 5.10 Å².